The molecule has 3 aromatic rings. The summed E-state index contributed by atoms with van der Waals surface area (Å²) in [5.41, 5.74) is 5.28. The van der Waals surface area contributed by atoms with Crippen molar-refractivity contribution in [2.45, 2.75) is 33.1 Å². The van der Waals surface area contributed by atoms with E-state index >= 15 is 0 Å². The summed E-state index contributed by atoms with van der Waals surface area (Å²) in [5.74, 6) is 0.766. The minimum atomic E-state index is 0.00410. The van der Waals surface area contributed by atoms with Crippen molar-refractivity contribution in [1.29, 1.82) is 0 Å². The molecule has 0 aliphatic heterocycles. The van der Waals surface area contributed by atoms with Gasteiger partial charge in [0.2, 0.25) is 5.91 Å². The van der Waals surface area contributed by atoms with Gasteiger partial charge < -0.3 is 9.73 Å². The summed E-state index contributed by atoms with van der Waals surface area (Å²) in [6, 6.07) is 14.5. The summed E-state index contributed by atoms with van der Waals surface area (Å²) in [6.45, 7) is 4.24. The van der Waals surface area contributed by atoms with Crippen LogP contribution in [-0.2, 0) is 17.6 Å². The number of hydrogen-bond acceptors (Lipinski definition) is 3. The zero-order valence-electron chi connectivity index (χ0n) is 14.1. The number of amides is 1. The van der Waals surface area contributed by atoms with Crippen LogP contribution in [0.15, 0.2) is 46.9 Å². The minimum absolute atomic E-state index is 0.00410. The van der Waals surface area contributed by atoms with E-state index in [2.05, 4.69) is 28.5 Å². The molecule has 0 unspecified atom stereocenters. The van der Waals surface area contributed by atoms with Crippen molar-refractivity contribution in [3.8, 4) is 11.1 Å². The van der Waals surface area contributed by atoms with Crippen molar-refractivity contribution < 1.29 is 9.21 Å². The van der Waals surface area contributed by atoms with Crippen molar-refractivity contribution in [2.24, 2.45) is 0 Å². The Labute approximate surface area is 141 Å². The Morgan fingerprint density at radius 1 is 1.17 bits per heavy atom. The smallest absolute Gasteiger partial charge is 0.216 e. The van der Waals surface area contributed by atoms with Gasteiger partial charge in [-0.1, -0.05) is 43.3 Å². The largest absolute Gasteiger partial charge is 0.440 e. The van der Waals surface area contributed by atoms with Gasteiger partial charge in [-0.05, 0) is 30.0 Å². The fourth-order valence-corrected chi connectivity index (χ4v) is 2.91. The molecule has 0 aliphatic carbocycles. The van der Waals surface area contributed by atoms with Gasteiger partial charge in [-0.3, -0.25) is 4.79 Å². The number of oxazole rings is 1. The highest BCUT2D eigenvalue weighted by Crippen LogP contribution is 2.31. The van der Waals surface area contributed by atoms with Crippen LogP contribution < -0.4 is 5.32 Å². The number of benzene rings is 2. The minimum Gasteiger partial charge on any atom is -0.440 e. The number of nitrogens with zero attached hydrogens (tertiary/aromatic N) is 1. The maximum absolute atomic E-state index is 11.1. The van der Waals surface area contributed by atoms with Crippen LogP contribution in [-0.4, -0.2) is 17.4 Å². The maximum Gasteiger partial charge on any atom is 0.216 e. The first-order valence-corrected chi connectivity index (χ1v) is 8.40. The molecule has 0 spiro atoms. The van der Waals surface area contributed by atoms with E-state index < -0.39 is 0 Å². The number of rotatable bonds is 6. The molecule has 0 saturated carbocycles. The highest BCUT2D eigenvalue weighted by molar-refractivity contribution is 5.85. The lowest BCUT2D eigenvalue weighted by atomic mass is 9.95. The average Bonchev–Trinajstić information content (AvgIpc) is 3.02. The summed E-state index contributed by atoms with van der Waals surface area (Å²) >= 11 is 0. The number of carbonyl (C=O) groups is 1. The Morgan fingerprint density at radius 3 is 2.67 bits per heavy atom. The number of aryl methyl sites for hydroxylation is 2. The van der Waals surface area contributed by atoms with Gasteiger partial charge in [0.15, 0.2) is 11.5 Å². The molecule has 1 heterocycles. The second-order valence-electron chi connectivity index (χ2n) is 5.85. The van der Waals surface area contributed by atoms with Crippen LogP contribution in [0.5, 0.6) is 0 Å². The van der Waals surface area contributed by atoms with Crippen molar-refractivity contribution in [3.05, 3.63) is 53.9 Å². The first-order valence-electron chi connectivity index (χ1n) is 8.40. The summed E-state index contributed by atoms with van der Waals surface area (Å²) in [7, 11) is 0. The third-order valence-corrected chi connectivity index (χ3v) is 4.07. The van der Waals surface area contributed by atoms with Crippen LogP contribution in [0.2, 0.25) is 0 Å². The average molecular weight is 322 g/mol. The second-order valence-corrected chi connectivity index (χ2v) is 5.85. The highest BCUT2D eigenvalue weighted by atomic mass is 16.3. The summed E-state index contributed by atoms with van der Waals surface area (Å²) < 4.78 is 5.99. The molecule has 0 radical (unpaired) electrons. The quantitative estimate of drug-likeness (QED) is 0.694. The van der Waals surface area contributed by atoms with Gasteiger partial charge in [0, 0.05) is 25.5 Å². The van der Waals surface area contributed by atoms with Gasteiger partial charge >= 0.3 is 0 Å². The van der Waals surface area contributed by atoms with Crippen LogP contribution in [0.4, 0.5) is 0 Å². The molecular formula is C20H22N2O2. The molecule has 3 rings (SSSR count). The fourth-order valence-electron chi connectivity index (χ4n) is 2.91. The van der Waals surface area contributed by atoms with E-state index in [1.54, 1.807) is 6.92 Å². The van der Waals surface area contributed by atoms with Gasteiger partial charge in [0.05, 0.1) is 0 Å². The zero-order chi connectivity index (χ0) is 16.9. The van der Waals surface area contributed by atoms with E-state index in [-0.39, 0.29) is 5.91 Å². The lowest BCUT2D eigenvalue weighted by molar-refractivity contribution is -0.118. The van der Waals surface area contributed by atoms with E-state index in [0.717, 1.165) is 41.8 Å². The Kier molecular flexibility index (Phi) is 4.94. The van der Waals surface area contributed by atoms with Crippen LogP contribution in [0, 0.1) is 0 Å². The number of fused-ring (bicyclic) bond motifs is 1. The molecule has 0 aliphatic rings. The van der Waals surface area contributed by atoms with Crippen molar-refractivity contribution in [2.75, 3.05) is 6.54 Å². The van der Waals surface area contributed by atoms with E-state index in [0.29, 0.717) is 6.54 Å². The first-order chi connectivity index (χ1) is 11.7. The molecule has 0 bridgehead atoms. The van der Waals surface area contributed by atoms with Crippen LogP contribution in [0.3, 0.4) is 0 Å². The molecule has 4 nitrogen and oxygen atoms in total. The topological polar surface area (TPSA) is 55.1 Å². The molecule has 4 heteroatoms. The van der Waals surface area contributed by atoms with Gasteiger partial charge in [0.1, 0.15) is 5.52 Å². The maximum atomic E-state index is 11.1. The molecule has 1 N–H and O–H groups in total. The van der Waals surface area contributed by atoms with Gasteiger partial charge in [0.25, 0.3) is 0 Å². The molecule has 1 amide bonds. The summed E-state index contributed by atoms with van der Waals surface area (Å²) in [5, 5.41) is 2.85. The Hall–Kier alpha value is -2.62. The van der Waals surface area contributed by atoms with Crippen LogP contribution in [0.25, 0.3) is 22.2 Å². The van der Waals surface area contributed by atoms with E-state index in [9.17, 15) is 4.79 Å². The Morgan fingerprint density at radius 2 is 1.96 bits per heavy atom. The van der Waals surface area contributed by atoms with Crippen LogP contribution >= 0.6 is 0 Å². The monoisotopic (exact) mass is 322 g/mol. The Bertz CT molecular complexity index is 837. The summed E-state index contributed by atoms with van der Waals surface area (Å²) in [4.78, 5) is 15.6. The highest BCUT2D eigenvalue weighted by Gasteiger charge is 2.14. The van der Waals surface area contributed by atoms with Crippen LogP contribution in [0.1, 0.15) is 31.7 Å². The molecule has 1 aromatic heterocycles. The second kappa shape index (κ2) is 7.30. The molecule has 0 saturated heterocycles. The molecular weight excluding hydrogens is 300 g/mol. The summed E-state index contributed by atoms with van der Waals surface area (Å²) in [6.07, 6.45) is 2.47. The Balaban J connectivity index is 1.99. The van der Waals surface area contributed by atoms with Gasteiger partial charge in [-0.2, -0.15) is 0 Å². The zero-order valence-corrected chi connectivity index (χ0v) is 14.1. The third-order valence-electron chi connectivity index (χ3n) is 4.07. The first kappa shape index (κ1) is 16.2. The van der Waals surface area contributed by atoms with Crippen molar-refractivity contribution >= 4 is 17.0 Å². The molecule has 2 aromatic carbocycles. The third kappa shape index (κ3) is 3.48. The number of carbonyl (C=O) groups excluding carboxylic acids is 1. The van der Waals surface area contributed by atoms with E-state index in [4.69, 9.17) is 4.42 Å². The SMILES string of the molecule is CCc1nc2ccc(-c3ccccc3)c(CCCNC(C)=O)c2o1. The number of hydrogen-bond donors (Lipinski definition) is 1. The molecule has 124 valence electrons. The van der Waals surface area contributed by atoms with Crippen molar-refractivity contribution in [1.82, 2.24) is 10.3 Å². The lowest BCUT2D eigenvalue weighted by Gasteiger charge is -2.10. The fraction of sp³-hybridized carbons (Fsp3) is 0.300. The van der Waals surface area contributed by atoms with Gasteiger partial charge in [-0.15, -0.1) is 0 Å². The number of nitrogens with one attached hydrogen (secondary N) is 1. The predicted molar refractivity (Wildman–Crippen MR) is 95.8 cm³/mol. The molecule has 24 heavy (non-hydrogen) atoms. The standard InChI is InChI=1S/C20H22N2O2/c1-3-19-22-18-12-11-16(15-8-5-4-6-9-15)17(20(18)24-19)10-7-13-21-14(2)23/h4-6,8-9,11-12H,3,7,10,13H2,1-2H3,(H,21,23). The van der Waals surface area contributed by atoms with E-state index in [1.807, 2.05) is 31.2 Å². The van der Waals surface area contributed by atoms with E-state index in [1.165, 1.54) is 11.1 Å². The number of aromatic nitrogens is 1. The molecule has 0 atom stereocenters. The lowest BCUT2D eigenvalue weighted by Crippen LogP contribution is -2.21. The van der Waals surface area contributed by atoms with Crippen molar-refractivity contribution in [3.63, 3.8) is 0 Å². The van der Waals surface area contributed by atoms with Gasteiger partial charge in [-0.25, -0.2) is 4.98 Å². The normalized spacial score (nSPS) is 10.9. The predicted octanol–water partition coefficient (Wildman–Crippen LogP) is 4.13. The molecule has 0 fully saturated rings.